The predicted octanol–water partition coefficient (Wildman–Crippen LogP) is 2.75. The lowest BCUT2D eigenvalue weighted by Crippen LogP contribution is -2.45. The predicted molar refractivity (Wildman–Crippen MR) is 113 cm³/mol. The summed E-state index contributed by atoms with van der Waals surface area (Å²) >= 11 is 0. The molecule has 1 aromatic heterocycles. The molecule has 0 unspecified atom stereocenters. The lowest BCUT2D eigenvalue weighted by molar-refractivity contribution is -0.125. The minimum atomic E-state index is -0.553. The second-order valence-electron chi connectivity index (χ2n) is 7.26. The average Bonchev–Trinajstić information content (AvgIpc) is 3.27. The van der Waals surface area contributed by atoms with E-state index in [1.807, 2.05) is 65.5 Å². The van der Waals surface area contributed by atoms with Crippen LogP contribution in [-0.4, -0.2) is 34.2 Å². The van der Waals surface area contributed by atoms with Gasteiger partial charge in [-0.25, -0.2) is 0 Å². The lowest BCUT2D eigenvalue weighted by atomic mass is 10.1. The van der Waals surface area contributed by atoms with Gasteiger partial charge in [-0.15, -0.1) is 0 Å². The number of carbonyl (C=O) groups excluding carboxylic acids is 2. The molecule has 3 aromatic rings. The minimum Gasteiger partial charge on any atom is -0.479 e. The highest BCUT2D eigenvalue weighted by Crippen LogP contribution is 2.33. The first-order valence-corrected chi connectivity index (χ1v) is 9.99. The van der Waals surface area contributed by atoms with E-state index in [1.54, 1.807) is 18.0 Å². The van der Waals surface area contributed by atoms with E-state index in [-0.39, 0.29) is 18.2 Å². The summed E-state index contributed by atoms with van der Waals surface area (Å²) in [5.74, 6) is 0.439. The van der Waals surface area contributed by atoms with Gasteiger partial charge in [0, 0.05) is 31.9 Å². The molecule has 7 nitrogen and oxygen atoms in total. The van der Waals surface area contributed by atoms with Gasteiger partial charge in [0.2, 0.25) is 5.91 Å². The largest absolute Gasteiger partial charge is 0.479 e. The summed E-state index contributed by atoms with van der Waals surface area (Å²) in [6, 6.07) is 17.4. The number of nitrogens with zero attached hydrogens (tertiary/aromatic N) is 3. The monoisotopic (exact) mass is 404 g/mol. The van der Waals surface area contributed by atoms with E-state index in [1.165, 1.54) is 0 Å². The third-order valence-corrected chi connectivity index (χ3v) is 5.05. The Morgan fingerprint density at radius 3 is 2.63 bits per heavy atom. The number of amides is 2. The van der Waals surface area contributed by atoms with Crippen molar-refractivity contribution in [2.24, 2.45) is 0 Å². The molecule has 154 valence electrons. The van der Waals surface area contributed by atoms with E-state index in [2.05, 4.69) is 10.4 Å². The molecule has 0 fully saturated rings. The van der Waals surface area contributed by atoms with Crippen molar-refractivity contribution in [3.63, 3.8) is 0 Å². The standard InChI is InChI=1S/C23H24N4O3/c1-17-23(29)27(20-5-2-3-6-21(20)30-17)14-11-22(28)24-15-18-7-9-19(10-8-18)16-26-13-4-12-25-26/h2-10,12-13,17H,11,14-16H2,1H3,(H,24,28)/t17-/m1/s1. The molecule has 2 aromatic carbocycles. The fraction of sp³-hybridized carbons (Fsp3) is 0.261. The molecule has 1 aliphatic heterocycles. The number of rotatable bonds is 7. The lowest BCUT2D eigenvalue weighted by Gasteiger charge is -2.32. The maximum Gasteiger partial charge on any atom is 0.267 e. The van der Waals surface area contributed by atoms with Crippen LogP contribution in [0.1, 0.15) is 24.5 Å². The van der Waals surface area contributed by atoms with E-state index in [4.69, 9.17) is 4.74 Å². The first kappa shape index (κ1) is 19.7. The molecule has 1 atom stereocenters. The summed E-state index contributed by atoms with van der Waals surface area (Å²) in [6.07, 6.45) is 3.35. The zero-order valence-corrected chi connectivity index (χ0v) is 16.8. The number of hydrogen-bond donors (Lipinski definition) is 1. The maximum atomic E-state index is 12.5. The molecule has 0 aliphatic carbocycles. The van der Waals surface area contributed by atoms with Crippen molar-refractivity contribution in [3.05, 3.63) is 78.1 Å². The number of ether oxygens (including phenoxy) is 1. The SMILES string of the molecule is C[C@H]1Oc2ccccc2N(CCC(=O)NCc2ccc(Cn3cccn3)cc2)C1=O. The van der Waals surface area contributed by atoms with Gasteiger partial charge in [-0.2, -0.15) is 5.10 Å². The third kappa shape index (κ3) is 4.51. The molecule has 1 N–H and O–H groups in total. The van der Waals surface area contributed by atoms with Crippen molar-refractivity contribution in [1.29, 1.82) is 0 Å². The first-order chi connectivity index (χ1) is 14.6. The topological polar surface area (TPSA) is 76.5 Å². The Morgan fingerprint density at radius 2 is 1.87 bits per heavy atom. The van der Waals surface area contributed by atoms with Crippen molar-refractivity contribution < 1.29 is 14.3 Å². The zero-order valence-electron chi connectivity index (χ0n) is 16.8. The summed E-state index contributed by atoms with van der Waals surface area (Å²) in [4.78, 5) is 26.5. The van der Waals surface area contributed by atoms with Gasteiger partial charge in [0.05, 0.1) is 12.2 Å². The molecule has 30 heavy (non-hydrogen) atoms. The molecule has 0 bridgehead atoms. The van der Waals surface area contributed by atoms with Crippen molar-refractivity contribution >= 4 is 17.5 Å². The van der Waals surface area contributed by atoms with E-state index >= 15 is 0 Å². The second kappa shape index (κ2) is 8.82. The average molecular weight is 404 g/mol. The maximum absolute atomic E-state index is 12.5. The molecule has 2 amide bonds. The quantitative estimate of drug-likeness (QED) is 0.657. The summed E-state index contributed by atoms with van der Waals surface area (Å²) in [6.45, 7) is 3.21. The van der Waals surface area contributed by atoms with Crippen LogP contribution in [0.4, 0.5) is 5.69 Å². The smallest absolute Gasteiger partial charge is 0.267 e. The molecule has 4 rings (SSSR count). The molecule has 0 saturated carbocycles. The highest BCUT2D eigenvalue weighted by Gasteiger charge is 2.31. The van der Waals surface area contributed by atoms with Gasteiger partial charge in [0.1, 0.15) is 5.75 Å². The Labute approximate surface area is 175 Å². The summed E-state index contributed by atoms with van der Waals surface area (Å²) in [5.41, 5.74) is 2.88. The van der Waals surface area contributed by atoms with Crippen LogP contribution >= 0.6 is 0 Å². The first-order valence-electron chi connectivity index (χ1n) is 9.99. The molecule has 0 radical (unpaired) electrons. The molecule has 0 spiro atoms. The number of aromatic nitrogens is 2. The van der Waals surface area contributed by atoms with Crippen LogP contribution in [0.25, 0.3) is 0 Å². The Kier molecular flexibility index (Phi) is 5.79. The van der Waals surface area contributed by atoms with E-state index < -0.39 is 6.10 Å². The normalized spacial score (nSPS) is 15.4. The van der Waals surface area contributed by atoms with Gasteiger partial charge < -0.3 is 15.0 Å². The summed E-state index contributed by atoms with van der Waals surface area (Å²) in [7, 11) is 0. The fourth-order valence-corrected chi connectivity index (χ4v) is 3.44. The van der Waals surface area contributed by atoms with Crippen LogP contribution < -0.4 is 15.0 Å². The molecular weight excluding hydrogens is 380 g/mol. The Bertz CT molecular complexity index is 1020. The molecule has 1 aliphatic rings. The Hall–Kier alpha value is -3.61. The van der Waals surface area contributed by atoms with Crippen molar-refractivity contribution in [1.82, 2.24) is 15.1 Å². The van der Waals surface area contributed by atoms with Crippen LogP contribution in [0, 0.1) is 0 Å². The van der Waals surface area contributed by atoms with Crippen molar-refractivity contribution in [2.75, 3.05) is 11.4 Å². The fourth-order valence-electron chi connectivity index (χ4n) is 3.44. The summed E-state index contributed by atoms with van der Waals surface area (Å²) in [5, 5.41) is 7.13. The Balaban J connectivity index is 1.28. The van der Waals surface area contributed by atoms with Crippen LogP contribution in [0.3, 0.4) is 0 Å². The van der Waals surface area contributed by atoms with Crippen LogP contribution in [0.5, 0.6) is 5.75 Å². The van der Waals surface area contributed by atoms with E-state index in [0.29, 0.717) is 31.1 Å². The van der Waals surface area contributed by atoms with Gasteiger partial charge in [-0.1, -0.05) is 36.4 Å². The highest BCUT2D eigenvalue weighted by molar-refractivity contribution is 6.00. The van der Waals surface area contributed by atoms with E-state index in [0.717, 1.165) is 11.1 Å². The van der Waals surface area contributed by atoms with Gasteiger partial charge in [0.15, 0.2) is 6.10 Å². The van der Waals surface area contributed by atoms with Gasteiger partial charge in [-0.05, 0) is 36.2 Å². The number of fused-ring (bicyclic) bond motifs is 1. The molecule has 0 saturated heterocycles. The number of nitrogens with one attached hydrogen (secondary N) is 1. The number of benzene rings is 2. The second-order valence-corrected chi connectivity index (χ2v) is 7.26. The van der Waals surface area contributed by atoms with Crippen LogP contribution in [0.2, 0.25) is 0 Å². The molecule has 7 heteroatoms. The minimum absolute atomic E-state index is 0.0972. The molecular formula is C23H24N4O3. The number of hydrogen-bond acceptors (Lipinski definition) is 4. The highest BCUT2D eigenvalue weighted by atomic mass is 16.5. The van der Waals surface area contributed by atoms with Gasteiger partial charge >= 0.3 is 0 Å². The Morgan fingerprint density at radius 1 is 1.10 bits per heavy atom. The zero-order chi connectivity index (χ0) is 20.9. The summed E-state index contributed by atoms with van der Waals surface area (Å²) < 4.78 is 7.50. The third-order valence-electron chi connectivity index (χ3n) is 5.05. The van der Waals surface area contributed by atoms with E-state index in [9.17, 15) is 9.59 Å². The van der Waals surface area contributed by atoms with Gasteiger partial charge in [-0.3, -0.25) is 14.3 Å². The van der Waals surface area contributed by atoms with Crippen LogP contribution in [0.15, 0.2) is 67.0 Å². The van der Waals surface area contributed by atoms with Crippen LogP contribution in [-0.2, 0) is 22.7 Å². The number of carbonyl (C=O) groups is 2. The van der Waals surface area contributed by atoms with Gasteiger partial charge in [0.25, 0.3) is 5.91 Å². The van der Waals surface area contributed by atoms with Crippen molar-refractivity contribution in [3.8, 4) is 5.75 Å². The van der Waals surface area contributed by atoms with Crippen molar-refractivity contribution in [2.45, 2.75) is 32.5 Å². The molecule has 2 heterocycles. The number of para-hydroxylation sites is 2. The number of anilines is 1.